The molecular weight excluding hydrogens is 432 g/mol. The molecule has 0 N–H and O–H groups in total. The molecule has 1 saturated heterocycles. The van der Waals surface area contributed by atoms with Gasteiger partial charge >= 0.3 is 0 Å². The zero-order chi connectivity index (χ0) is 22.9. The Balaban J connectivity index is 1.48. The SMILES string of the molecule is COc1cc(/C=C/C(=O)N2CCN(CCOc3ccc(Cl)cc3)CC2)cc(OC)c1OC. The Morgan fingerprint density at radius 3 is 2.16 bits per heavy atom. The summed E-state index contributed by atoms with van der Waals surface area (Å²) in [6.45, 7) is 4.39. The molecule has 1 fully saturated rings. The van der Waals surface area contributed by atoms with E-state index in [4.69, 9.17) is 30.5 Å². The molecule has 0 bridgehead atoms. The fraction of sp³-hybridized carbons (Fsp3) is 0.375. The van der Waals surface area contributed by atoms with Gasteiger partial charge in [-0.05, 0) is 48.0 Å². The fourth-order valence-corrected chi connectivity index (χ4v) is 3.61. The van der Waals surface area contributed by atoms with E-state index >= 15 is 0 Å². The number of benzene rings is 2. The third-order valence-electron chi connectivity index (χ3n) is 5.28. The molecule has 0 radical (unpaired) electrons. The number of methoxy groups -OCH3 is 3. The number of nitrogens with zero attached hydrogens (tertiary/aromatic N) is 2. The largest absolute Gasteiger partial charge is 0.493 e. The molecule has 0 unspecified atom stereocenters. The highest BCUT2D eigenvalue weighted by Crippen LogP contribution is 2.38. The minimum absolute atomic E-state index is 0.0178. The van der Waals surface area contributed by atoms with Gasteiger partial charge in [-0.3, -0.25) is 9.69 Å². The van der Waals surface area contributed by atoms with E-state index < -0.39 is 0 Å². The number of carbonyl (C=O) groups excluding carboxylic acids is 1. The van der Waals surface area contributed by atoms with E-state index in [9.17, 15) is 4.79 Å². The number of rotatable bonds is 9. The zero-order valence-corrected chi connectivity index (χ0v) is 19.4. The van der Waals surface area contributed by atoms with Gasteiger partial charge in [0.1, 0.15) is 12.4 Å². The first-order chi connectivity index (χ1) is 15.5. The van der Waals surface area contributed by atoms with Gasteiger partial charge < -0.3 is 23.8 Å². The Kier molecular flexibility index (Phi) is 8.64. The summed E-state index contributed by atoms with van der Waals surface area (Å²) in [5.74, 6) is 2.41. The Labute approximate surface area is 194 Å². The van der Waals surface area contributed by atoms with Gasteiger partial charge in [0.15, 0.2) is 11.5 Å². The number of amides is 1. The highest BCUT2D eigenvalue weighted by Gasteiger charge is 2.19. The third-order valence-corrected chi connectivity index (χ3v) is 5.53. The highest BCUT2D eigenvalue weighted by molar-refractivity contribution is 6.30. The van der Waals surface area contributed by atoms with Crippen molar-refractivity contribution in [1.82, 2.24) is 9.80 Å². The van der Waals surface area contributed by atoms with Crippen LogP contribution < -0.4 is 18.9 Å². The predicted octanol–water partition coefficient (Wildman–Crippen LogP) is 3.60. The number of hydrogen-bond acceptors (Lipinski definition) is 6. The van der Waals surface area contributed by atoms with Crippen molar-refractivity contribution in [2.45, 2.75) is 0 Å². The quantitative estimate of drug-likeness (QED) is 0.533. The number of carbonyl (C=O) groups is 1. The van der Waals surface area contributed by atoms with E-state index in [0.717, 1.165) is 30.9 Å². The van der Waals surface area contributed by atoms with Crippen molar-refractivity contribution in [3.05, 3.63) is 53.1 Å². The van der Waals surface area contributed by atoms with Gasteiger partial charge in [0.05, 0.1) is 21.3 Å². The van der Waals surface area contributed by atoms with Crippen LogP contribution in [-0.2, 0) is 4.79 Å². The second-order valence-corrected chi connectivity index (χ2v) is 7.70. The summed E-state index contributed by atoms with van der Waals surface area (Å²) >= 11 is 5.89. The van der Waals surface area contributed by atoms with Gasteiger partial charge in [-0.1, -0.05) is 11.6 Å². The number of piperazine rings is 1. The van der Waals surface area contributed by atoms with E-state index in [1.165, 1.54) is 0 Å². The summed E-state index contributed by atoms with van der Waals surface area (Å²) in [6, 6.07) is 11.0. The van der Waals surface area contributed by atoms with Gasteiger partial charge in [-0.2, -0.15) is 0 Å². The topological polar surface area (TPSA) is 60.5 Å². The zero-order valence-electron chi connectivity index (χ0n) is 18.7. The number of halogens is 1. The van der Waals surface area contributed by atoms with Crippen LogP contribution in [0.4, 0.5) is 0 Å². The normalized spacial score (nSPS) is 14.4. The van der Waals surface area contributed by atoms with Crippen LogP contribution in [0.5, 0.6) is 23.0 Å². The van der Waals surface area contributed by atoms with E-state index in [1.807, 2.05) is 41.3 Å². The maximum atomic E-state index is 12.6. The molecular formula is C24H29ClN2O5. The molecule has 7 nitrogen and oxygen atoms in total. The third kappa shape index (κ3) is 6.31. The van der Waals surface area contributed by atoms with Crippen LogP contribution in [0.2, 0.25) is 5.02 Å². The average Bonchev–Trinajstić information content (AvgIpc) is 2.83. The minimum atomic E-state index is -0.0178. The van der Waals surface area contributed by atoms with Crippen molar-refractivity contribution in [2.24, 2.45) is 0 Å². The lowest BCUT2D eigenvalue weighted by atomic mass is 10.1. The van der Waals surface area contributed by atoms with Crippen molar-refractivity contribution in [1.29, 1.82) is 0 Å². The molecule has 2 aromatic rings. The Hall–Kier alpha value is -2.90. The first-order valence-corrected chi connectivity index (χ1v) is 10.8. The molecule has 0 aliphatic carbocycles. The molecule has 3 rings (SSSR count). The molecule has 32 heavy (non-hydrogen) atoms. The van der Waals surface area contributed by atoms with Crippen LogP contribution in [-0.4, -0.2) is 76.4 Å². The van der Waals surface area contributed by atoms with Gasteiger partial charge in [0.25, 0.3) is 0 Å². The molecule has 0 atom stereocenters. The van der Waals surface area contributed by atoms with Crippen LogP contribution >= 0.6 is 11.6 Å². The van der Waals surface area contributed by atoms with E-state index in [2.05, 4.69) is 4.90 Å². The predicted molar refractivity (Wildman–Crippen MR) is 125 cm³/mol. The number of ether oxygens (including phenoxy) is 4. The fourth-order valence-electron chi connectivity index (χ4n) is 3.49. The molecule has 0 spiro atoms. The van der Waals surface area contributed by atoms with Crippen molar-refractivity contribution in [3.63, 3.8) is 0 Å². The average molecular weight is 461 g/mol. The maximum Gasteiger partial charge on any atom is 0.246 e. The second-order valence-electron chi connectivity index (χ2n) is 7.26. The molecule has 1 heterocycles. The van der Waals surface area contributed by atoms with Crippen molar-refractivity contribution in [2.75, 3.05) is 60.7 Å². The summed E-state index contributed by atoms with van der Waals surface area (Å²) in [5.41, 5.74) is 0.797. The van der Waals surface area contributed by atoms with Crippen molar-refractivity contribution >= 4 is 23.6 Å². The molecule has 172 valence electrons. The molecule has 1 aliphatic rings. The summed E-state index contributed by atoms with van der Waals surface area (Å²) in [7, 11) is 4.69. The Morgan fingerprint density at radius 1 is 0.969 bits per heavy atom. The first kappa shape index (κ1) is 23.8. The maximum absolute atomic E-state index is 12.6. The molecule has 8 heteroatoms. The molecule has 1 amide bonds. The standard InChI is InChI=1S/C24H29ClN2O5/c1-29-21-16-18(17-22(30-2)24(21)31-3)4-9-23(28)27-12-10-26(11-13-27)14-15-32-20-7-5-19(25)6-8-20/h4-9,16-17H,10-15H2,1-3H3/b9-4+. The van der Waals surface area contributed by atoms with Gasteiger partial charge in [0, 0.05) is 43.8 Å². The minimum Gasteiger partial charge on any atom is -0.493 e. The summed E-state index contributed by atoms with van der Waals surface area (Å²) in [6.07, 6.45) is 3.35. The Morgan fingerprint density at radius 2 is 1.59 bits per heavy atom. The molecule has 1 aliphatic heterocycles. The first-order valence-electron chi connectivity index (χ1n) is 10.4. The van der Waals surface area contributed by atoms with E-state index in [1.54, 1.807) is 33.5 Å². The van der Waals surface area contributed by atoms with Crippen LogP contribution in [0.15, 0.2) is 42.5 Å². The summed E-state index contributed by atoms with van der Waals surface area (Å²) in [4.78, 5) is 16.8. The lowest BCUT2D eigenvalue weighted by Crippen LogP contribution is -2.49. The van der Waals surface area contributed by atoms with Gasteiger partial charge in [-0.15, -0.1) is 0 Å². The molecule has 2 aromatic carbocycles. The lowest BCUT2D eigenvalue weighted by Gasteiger charge is -2.34. The van der Waals surface area contributed by atoms with Gasteiger partial charge in [0.2, 0.25) is 11.7 Å². The molecule has 0 saturated carbocycles. The Bertz CT molecular complexity index is 899. The summed E-state index contributed by atoms with van der Waals surface area (Å²) < 4.78 is 21.8. The lowest BCUT2D eigenvalue weighted by molar-refractivity contribution is -0.127. The monoisotopic (exact) mass is 460 g/mol. The summed E-state index contributed by atoms with van der Waals surface area (Å²) in [5, 5.41) is 0.692. The van der Waals surface area contributed by atoms with E-state index in [0.29, 0.717) is 42.0 Å². The van der Waals surface area contributed by atoms with Crippen molar-refractivity contribution < 1.29 is 23.7 Å². The smallest absolute Gasteiger partial charge is 0.246 e. The van der Waals surface area contributed by atoms with Crippen LogP contribution in [0, 0.1) is 0 Å². The van der Waals surface area contributed by atoms with Gasteiger partial charge in [-0.25, -0.2) is 0 Å². The highest BCUT2D eigenvalue weighted by atomic mass is 35.5. The van der Waals surface area contributed by atoms with Crippen LogP contribution in [0.1, 0.15) is 5.56 Å². The van der Waals surface area contributed by atoms with E-state index in [-0.39, 0.29) is 5.91 Å². The van der Waals surface area contributed by atoms with Crippen LogP contribution in [0.25, 0.3) is 6.08 Å². The molecule has 0 aromatic heterocycles. The number of hydrogen-bond donors (Lipinski definition) is 0. The van der Waals surface area contributed by atoms with Crippen LogP contribution in [0.3, 0.4) is 0 Å². The second kappa shape index (κ2) is 11.6. The van der Waals surface area contributed by atoms with Crippen molar-refractivity contribution in [3.8, 4) is 23.0 Å².